The molecule has 0 unspecified atom stereocenters. The Balaban J connectivity index is 1.43. The van der Waals surface area contributed by atoms with Gasteiger partial charge in [-0.1, -0.05) is 6.92 Å². The van der Waals surface area contributed by atoms with Crippen LogP contribution >= 0.6 is 0 Å². The molecule has 0 bridgehead atoms. The highest BCUT2D eigenvalue weighted by Gasteiger charge is 2.31. The lowest BCUT2D eigenvalue weighted by Gasteiger charge is -2.40. The van der Waals surface area contributed by atoms with Crippen molar-refractivity contribution in [2.75, 3.05) is 18.0 Å². The van der Waals surface area contributed by atoms with Crippen LogP contribution in [-0.4, -0.2) is 45.3 Å². The van der Waals surface area contributed by atoms with Crippen molar-refractivity contribution in [1.82, 2.24) is 15.0 Å². The van der Waals surface area contributed by atoms with Crippen molar-refractivity contribution in [3.05, 3.63) is 83.7 Å². The molecule has 0 spiro atoms. The molecule has 3 aromatic heterocycles. The van der Waals surface area contributed by atoms with Gasteiger partial charge in [0.05, 0.1) is 17.2 Å². The molecule has 36 heavy (non-hydrogen) atoms. The van der Waals surface area contributed by atoms with Gasteiger partial charge in [-0.05, 0) is 48.7 Å². The van der Waals surface area contributed by atoms with Gasteiger partial charge in [0.1, 0.15) is 23.1 Å². The normalized spacial score (nSPS) is 20.2. The van der Waals surface area contributed by atoms with Crippen LogP contribution in [0.5, 0.6) is 0 Å². The van der Waals surface area contributed by atoms with Gasteiger partial charge in [-0.2, -0.15) is 0 Å². The van der Waals surface area contributed by atoms with Gasteiger partial charge < -0.3 is 15.7 Å². The van der Waals surface area contributed by atoms with E-state index in [4.69, 9.17) is 5.73 Å². The van der Waals surface area contributed by atoms with E-state index in [1.807, 2.05) is 13.0 Å². The number of benzene rings is 1. The molecule has 0 radical (unpaired) electrons. The Kier molecular flexibility index (Phi) is 6.59. The first-order chi connectivity index (χ1) is 17.3. The van der Waals surface area contributed by atoms with Crippen LogP contribution in [0.2, 0.25) is 0 Å². The van der Waals surface area contributed by atoms with Crippen LogP contribution in [0.25, 0.3) is 22.2 Å². The number of hydrogen-bond acceptors (Lipinski definition) is 6. The second-order valence-electron chi connectivity index (χ2n) is 9.29. The molecule has 4 aromatic rings. The lowest BCUT2D eigenvalue weighted by molar-refractivity contribution is 0.0784. The number of rotatable bonds is 5. The Morgan fingerprint density at radius 3 is 2.69 bits per heavy atom. The van der Waals surface area contributed by atoms with E-state index in [1.165, 1.54) is 30.5 Å². The highest BCUT2D eigenvalue weighted by molar-refractivity contribution is 5.85. The average Bonchev–Trinajstić information content (AvgIpc) is 2.87. The number of pyridine rings is 3. The Morgan fingerprint density at radius 2 is 1.89 bits per heavy atom. The van der Waals surface area contributed by atoms with E-state index in [-0.39, 0.29) is 28.6 Å². The molecule has 5 rings (SSSR count). The highest BCUT2D eigenvalue weighted by atomic mass is 19.1. The molecular weight excluding hydrogens is 467 g/mol. The number of aliphatic hydroxyl groups excluding tert-OH is 1. The van der Waals surface area contributed by atoms with Gasteiger partial charge in [0.2, 0.25) is 0 Å². The molecule has 1 aliphatic rings. The molecule has 4 heterocycles. The smallest absolute Gasteiger partial charge is 0.149 e. The van der Waals surface area contributed by atoms with E-state index in [0.717, 1.165) is 17.3 Å². The number of fused-ring (bicyclic) bond motifs is 1. The van der Waals surface area contributed by atoms with Crippen LogP contribution in [0.4, 0.5) is 18.9 Å². The number of halogens is 3. The summed E-state index contributed by atoms with van der Waals surface area (Å²) in [5.41, 5.74) is 7.80. The second-order valence-corrected chi connectivity index (χ2v) is 9.29. The summed E-state index contributed by atoms with van der Waals surface area (Å²) in [6.45, 7) is 3.12. The Morgan fingerprint density at radius 1 is 1.06 bits per heavy atom. The maximum atomic E-state index is 15.2. The molecule has 1 fully saturated rings. The van der Waals surface area contributed by atoms with Crippen LogP contribution in [0, 0.1) is 23.4 Å². The highest BCUT2D eigenvalue weighted by Crippen LogP contribution is 2.32. The largest absolute Gasteiger partial charge is 0.391 e. The SMILES string of the molecule is C[C@H]1CN(c2ccncc2CCc2ccc(F)c(-c3c(F)cc4ncccc4c3F)n2)C[C@@H](N)[C@@H]1O. The molecule has 1 aromatic carbocycles. The van der Waals surface area contributed by atoms with Crippen LogP contribution < -0.4 is 10.6 Å². The first-order valence-electron chi connectivity index (χ1n) is 11.8. The van der Waals surface area contributed by atoms with Gasteiger partial charge in [0, 0.05) is 66.5 Å². The predicted molar refractivity (Wildman–Crippen MR) is 132 cm³/mol. The summed E-state index contributed by atoms with van der Waals surface area (Å²) in [4.78, 5) is 14.7. The van der Waals surface area contributed by atoms with Crippen molar-refractivity contribution >= 4 is 16.6 Å². The maximum Gasteiger partial charge on any atom is 0.149 e. The van der Waals surface area contributed by atoms with E-state index in [1.54, 1.807) is 12.4 Å². The number of hydrogen-bond donors (Lipinski definition) is 2. The third-order valence-electron chi connectivity index (χ3n) is 6.77. The zero-order valence-electron chi connectivity index (χ0n) is 19.7. The summed E-state index contributed by atoms with van der Waals surface area (Å²) in [7, 11) is 0. The Hall–Kier alpha value is -3.56. The predicted octanol–water partition coefficient (Wildman–Crippen LogP) is 4.04. The van der Waals surface area contributed by atoms with Crippen LogP contribution in [0.3, 0.4) is 0 Å². The monoisotopic (exact) mass is 493 g/mol. The van der Waals surface area contributed by atoms with E-state index >= 15 is 4.39 Å². The lowest BCUT2D eigenvalue weighted by Crippen LogP contribution is -2.55. The fourth-order valence-corrected chi connectivity index (χ4v) is 4.86. The molecular formula is C27H26F3N5O. The average molecular weight is 494 g/mol. The minimum Gasteiger partial charge on any atom is -0.391 e. The Labute approximate surface area is 206 Å². The molecule has 0 saturated carbocycles. The topological polar surface area (TPSA) is 88.2 Å². The third-order valence-corrected chi connectivity index (χ3v) is 6.77. The number of aliphatic hydroxyl groups is 1. The molecule has 1 saturated heterocycles. The summed E-state index contributed by atoms with van der Waals surface area (Å²) >= 11 is 0. The van der Waals surface area contributed by atoms with E-state index in [0.29, 0.717) is 31.6 Å². The number of nitrogens with two attached hydrogens (primary N) is 1. The second kappa shape index (κ2) is 9.83. The molecule has 186 valence electrons. The quantitative estimate of drug-likeness (QED) is 0.436. The number of aryl methyl sites for hydroxylation is 2. The molecule has 1 aliphatic heterocycles. The molecule has 0 aliphatic carbocycles. The molecule has 0 amide bonds. The summed E-state index contributed by atoms with van der Waals surface area (Å²) in [6.07, 6.45) is 5.28. The van der Waals surface area contributed by atoms with Crippen molar-refractivity contribution in [3.8, 4) is 11.3 Å². The Bertz CT molecular complexity index is 1400. The molecule has 6 nitrogen and oxygen atoms in total. The first kappa shape index (κ1) is 24.1. The molecule has 9 heteroatoms. The van der Waals surface area contributed by atoms with Crippen molar-refractivity contribution in [2.24, 2.45) is 11.7 Å². The third kappa shape index (κ3) is 4.52. The van der Waals surface area contributed by atoms with Crippen LogP contribution in [0.15, 0.2) is 55.0 Å². The summed E-state index contributed by atoms with van der Waals surface area (Å²) < 4.78 is 44.8. The molecule has 3 atom stereocenters. The van der Waals surface area contributed by atoms with Gasteiger partial charge in [-0.25, -0.2) is 18.2 Å². The van der Waals surface area contributed by atoms with Gasteiger partial charge in [-0.15, -0.1) is 0 Å². The van der Waals surface area contributed by atoms with E-state index in [2.05, 4.69) is 19.9 Å². The first-order valence-corrected chi connectivity index (χ1v) is 11.8. The van der Waals surface area contributed by atoms with Crippen molar-refractivity contribution in [1.29, 1.82) is 0 Å². The molecule has 3 N–H and O–H groups in total. The van der Waals surface area contributed by atoms with Gasteiger partial charge in [-0.3, -0.25) is 9.97 Å². The van der Waals surface area contributed by atoms with Gasteiger partial charge >= 0.3 is 0 Å². The van der Waals surface area contributed by atoms with Crippen molar-refractivity contribution < 1.29 is 18.3 Å². The minimum absolute atomic E-state index is 0.0121. The van der Waals surface area contributed by atoms with Crippen LogP contribution in [-0.2, 0) is 12.8 Å². The summed E-state index contributed by atoms with van der Waals surface area (Å²) in [5, 5.41) is 10.3. The number of anilines is 1. The number of piperidine rings is 1. The zero-order chi connectivity index (χ0) is 25.4. The standard InChI is InChI=1S/C27H26F3N5O/c1-15-13-35(14-21(31)27(15)36)23-8-10-32-12-16(23)4-5-17-6-7-19(28)26(34-17)24-20(29)11-22-18(25(24)30)3-2-9-33-22/h2-3,6-12,15,21,27,36H,4-5,13-14,31H2,1H3/t15-,21+,27+/m0/s1. The summed E-state index contributed by atoms with van der Waals surface area (Å²) in [5.74, 6) is -2.61. The number of aromatic nitrogens is 3. The van der Waals surface area contributed by atoms with E-state index in [9.17, 15) is 13.9 Å². The minimum atomic E-state index is -0.922. The maximum absolute atomic E-state index is 15.2. The number of nitrogens with zero attached hydrogens (tertiary/aromatic N) is 4. The van der Waals surface area contributed by atoms with Crippen molar-refractivity contribution in [3.63, 3.8) is 0 Å². The van der Waals surface area contributed by atoms with Crippen LogP contribution in [0.1, 0.15) is 18.2 Å². The fraction of sp³-hybridized carbons (Fsp3) is 0.296. The fourth-order valence-electron chi connectivity index (χ4n) is 4.86. The summed E-state index contributed by atoms with van der Waals surface area (Å²) in [6, 6.07) is 8.34. The van der Waals surface area contributed by atoms with Gasteiger partial charge in [0.25, 0.3) is 0 Å². The van der Waals surface area contributed by atoms with Crippen molar-refractivity contribution in [2.45, 2.75) is 31.9 Å². The lowest BCUT2D eigenvalue weighted by atomic mass is 9.92. The zero-order valence-corrected chi connectivity index (χ0v) is 19.7. The van der Waals surface area contributed by atoms with Gasteiger partial charge in [0.15, 0.2) is 0 Å². The van der Waals surface area contributed by atoms with E-state index < -0.39 is 29.1 Å².